The molecule has 1 aliphatic rings. The summed E-state index contributed by atoms with van der Waals surface area (Å²) < 4.78 is 40.0. The van der Waals surface area contributed by atoms with Crippen molar-refractivity contribution in [3.8, 4) is 39.5 Å². The van der Waals surface area contributed by atoms with Gasteiger partial charge in [-0.2, -0.15) is 10.2 Å². The van der Waals surface area contributed by atoms with Crippen LogP contribution in [-0.2, 0) is 24.9 Å². The van der Waals surface area contributed by atoms with E-state index in [1.165, 1.54) is 30.6 Å². The van der Waals surface area contributed by atoms with E-state index in [0.29, 0.717) is 35.7 Å². The Morgan fingerprint density at radius 2 is 1.98 bits per heavy atom. The lowest BCUT2D eigenvalue weighted by Crippen LogP contribution is -2.44. The molecule has 5 heterocycles. The quantitative estimate of drug-likeness (QED) is 0.210. The van der Waals surface area contributed by atoms with Crippen molar-refractivity contribution >= 4 is 38.2 Å². The first-order chi connectivity index (χ1) is 20.8. The Hall–Kier alpha value is -4.90. The number of fused-ring (bicyclic) bond motifs is 3. The molecule has 1 atom stereocenters. The van der Waals surface area contributed by atoms with E-state index in [-0.39, 0.29) is 23.3 Å². The van der Waals surface area contributed by atoms with E-state index in [1.54, 1.807) is 11.1 Å². The van der Waals surface area contributed by atoms with Gasteiger partial charge in [0.2, 0.25) is 5.91 Å². The van der Waals surface area contributed by atoms with E-state index in [2.05, 4.69) is 11.7 Å². The number of methoxy groups -OCH3 is 1. The number of ether oxygens (including phenoxy) is 1. The molecule has 0 saturated carbocycles. The average Bonchev–Trinajstić information content (AvgIpc) is 3.74. The number of hydrogen-bond donors (Lipinski definition) is 0. The van der Waals surface area contributed by atoms with Gasteiger partial charge in [0.1, 0.15) is 28.8 Å². The number of nitrogens with zero attached hydrogens (tertiary/aromatic N) is 6. The molecule has 43 heavy (non-hydrogen) atoms. The van der Waals surface area contributed by atoms with Gasteiger partial charge in [-0.25, -0.2) is 13.8 Å². The number of thiophene rings is 1. The smallest absolute Gasteiger partial charge is 0.246 e. The zero-order valence-electron chi connectivity index (χ0n) is 23.6. The zero-order valence-corrected chi connectivity index (χ0v) is 24.5. The Balaban J connectivity index is 1.51. The summed E-state index contributed by atoms with van der Waals surface area (Å²) in [4.78, 5) is 19.4. The van der Waals surface area contributed by atoms with E-state index in [0.717, 1.165) is 38.3 Å². The Morgan fingerprint density at radius 1 is 1.14 bits per heavy atom. The van der Waals surface area contributed by atoms with Crippen LogP contribution in [0.25, 0.3) is 54.8 Å². The highest BCUT2D eigenvalue weighted by atomic mass is 32.1. The zero-order chi connectivity index (χ0) is 30.0. The van der Waals surface area contributed by atoms with Gasteiger partial charge < -0.3 is 9.64 Å². The maximum Gasteiger partial charge on any atom is 0.246 e. The summed E-state index contributed by atoms with van der Waals surface area (Å²) in [5, 5.41) is 13.0. The lowest BCUT2D eigenvalue weighted by atomic mass is 9.96. The molecule has 2 aromatic carbocycles. The van der Waals surface area contributed by atoms with Crippen molar-refractivity contribution in [1.29, 1.82) is 0 Å². The van der Waals surface area contributed by atoms with Gasteiger partial charge in [0.25, 0.3) is 0 Å². The number of carbonyl (C=O) groups is 1. The summed E-state index contributed by atoms with van der Waals surface area (Å²) in [5.41, 5.74) is 4.87. The minimum Gasteiger partial charge on any atom is -0.496 e. The highest BCUT2D eigenvalue weighted by molar-refractivity contribution is 7.18. The Labute approximate surface area is 249 Å². The van der Waals surface area contributed by atoms with Crippen LogP contribution in [0, 0.1) is 11.6 Å². The minimum atomic E-state index is -0.764. The normalized spacial score (nSPS) is 14.8. The fraction of sp³-hybridized carbons (Fsp3) is 0.188. The number of carbonyl (C=O) groups excluding carboxylic acids is 1. The summed E-state index contributed by atoms with van der Waals surface area (Å²) in [5.74, 6) is -1.61. The van der Waals surface area contributed by atoms with Crippen LogP contribution in [-0.4, -0.2) is 48.5 Å². The number of pyridine rings is 1. The van der Waals surface area contributed by atoms with E-state index in [9.17, 15) is 9.18 Å². The van der Waals surface area contributed by atoms with E-state index >= 15 is 4.39 Å². The second-order valence-corrected chi connectivity index (χ2v) is 11.5. The van der Waals surface area contributed by atoms with E-state index in [1.807, 2.05) is 59.0 Å². The van der Waals surface area contributed by atoms with Gasteiger partial charge in [0.05, 0.1) is 48.9 Å². The van der Waals surface area contributed by atoms with Gasteiger partial charge in [0.15, 0.2) is 0 Å². The van der Waals surface area contributed by atoms with Gasteiger partial charge in [-0.1, -0.05) is 12.6 Å². The first-order valence-electron chi connectivity index (χ1n) is 13.6. The second-order valence-electron chi connectivity index (χ2n) is 10.6. The SMILES string of the molecule is C=CC(=O)N1Cc2cc(-c3nc(-c4ccc5c(cnn5C)c4)c4ccsc4c3-c3c(F)cc(F)cc3OC)nn2CC1C. The maximum absolute atomic E-state index is 15.7. The van der Waals surface area contributed by atoms with Crippen molar-refractivity contribution in [1.82, 2.24) is 29.4 Å². The Kier molecular flexibility index (Phi) is 6.35. The first-order valence-corrected chi connectivity index (χ1v) is 14.5. The fourth-order valence-electron chi connectivity index (χ4n) is 5.87. The van der Waals surface area contributed by atoms with Crippen molar-refractivity contribution in [2.75, 3.05) is 7.11 Å². The van der Waals surface area contributed by atoms with Crippen LogP contribution in [0.1, 0.15) is 12.6 Å². The van der Waals surface area contributed by atoms with E-state index in [4.69, 9.17) is 14.8 Å². The summed E-state index contributed by atoms with van der Waals surface area (Å²) in [6.07, 6.45) is 3.11. The van der Waals surface area contributed by atoms with Crippen LogP contribution in [0.4, 0.5) is 8.78 Å². The highest BCUT2D eigenvalue weighted by Crippen LogP contribution is 2.47. The number of rotatable bonds is 5. The first kappa shape index (κ1) is 27.0. The second kappa shape index (κ2) is 10.1. The van der Waals surface area contributed by atoms with Crippen molar-refractivity contribution in [2.24, 2.45) is 7.05 Å². The molecule has 7 rings (SSSR count). The number of halogens is 2. The van der Waals surface area contributed by atoms with Crippen molar-refractivity contribution < 1.29 is 18.3 Å². The largest absolute Gasteiger partial charge is 0.496 e. The lowest BCUT2D eigenvalue weighted by molar-refractivity contribution is -0.129. The number of benzene rings is 2. The average molecular weight is 597 g/mol. The van der Waals surface area contributed by atoms with Crippen LogP contribution in [0.5, 0.6) is 5.75 Å². The molecule has 11 heteroatoms. The standard InChI is InChI=1S/C32H26F2N6O2S/c1-5-27(41)39-16-21-13-24(37-40(21)15-17(39)2)31-29(28-23(34)11-20(33)12-26(28)42-4)32-22(8-9-43-32)30(36-31)18-6-7-25-19(10-18)14-35-38(25)3/h5-14,17H,1,15-16H2,2-4H3. The van der Waals surface area contributed by atoms with Gasteiger partial charge in [0, 0.05) is 51.8 Å². The minimum absolute atomic E-state index is 0.0557. The van der Waals surface area contributed by atoms with Crippen molar-refractivity contribution in [3.05, 3.63) is 84.0 Å². The molecule has 4 aromatic heterocycles. The van der Waals surface area contributed by atoms with Crippen LogP contribution in [0.2, 0.25) is 0 Å². The van der Waals surface area contributed by atoms with Crippen LogP contribution >= 0.6 is 11.3 Å². The monoisotopic (exact) mass is 596 g/mol. The van der Waals surface area contributed by atoms with Crippen molar-refractivity contribution in [2.45, 2.75) is 26.1 Å². The van der Waals surface area contributed by atoms with Crippen LogP contribution in [0.3, 0.4) is 0 Å². The predicted molar refractivity (Wildman–Crippen MR) is 163 cm³/mol. The molecular formula is C32H26F2N6O2S. The van der Waals surface area contributed by atoms with E-state index < -0.39 is 11.6 Å². The molecule has 0 N–H and O–H groups in total. The molecule has 0 spiro atoms. The summed E-state index contributed by atoms with van der Waals surface area (Å²) in [6.45, 7) is 6.41. The number of hydrogen-bond acceptors (Lipinski definition) is 6. The van der Waals surface area contributed by atoms with Crippen LogP contribution in [0.15, 0.2) is 66.7 Å². The van der Waals surface area contributed by atoms with Crippen molar-refractivity contribution in [3.63, 3.8) is 0 Å². The molecule has 1 amide bonds. The topological polar surface area (TPSA) is 78.1 Å². The summed E-state index contributed by atoms with van der Waals surface area (Å²) in [6, 6.07) is 11.8. The molecule has 0 fully saturated rings. The Morgan fingerprint density at radius 3 is 2.77 bits per heavy atom. The predicted octanol–water partition coefficient (Wildman–Crippen LogP) is 6.58. The number of amides is 1. The molecule has 0 bridgehead atoms. The van der Waals surface area contributed by atoms with Gasteiger partial charge in [-0.3, -0.25) is 14.2 Å². The third-order valence-corrected chi connectivity index (χ3v) is 8.91. The molecule has 8 nitrogen and oxygen atoms in total. The molecule has 0 saturated heterocycles. The molecule has 1 unspecified atom stereocenters. The highest BCUT2D eigenvalue weighted by Gasteiger charge is 2.30. The molecular weight excluding hydrogens is 570 g/mol. The number of aromatic nitrogens is 5. The maximum atomic E-state index is 15.7. The molecule has 1 aliphatic heterocycles. The molecule has 6 aromatic rings. The number of aryl methyl sites for hydroxylation is 1. The Bertz CT molecular complexity index is 2090. The van der Waals surface area contributed by atoms with Gasteiger partial charge in [-0.05, 0) is 42.6 Å². The third-order valence-electron chi connectivity index (χ3n) is 7.98. The molecule has 216 valence electrons. The lowest BCUT2D eigenvalue weighted by Gasteiger charge is -2.33. The van der Waals surface area contributed by atoms with Gasteiger partial charge in [-0.15, -0.1) is 11.3 Å². The van der Waals surface area contributed by atoms with Crippen LogP contribution < -0.4 is 4.74 Å². The molecule has 0 aliphatic carbocycles. The molecule has 0 radical (unpaired) electrons. The third kappa shape index (κ3) is 4.30. The fourth-order valence-corrected chi connectivity index (χ4v) is 6.82. The summed E-state index contributed by atoms with van der Waals surface area (Å²) >= 11 is 1.44. The summed E-state index contributed by atoms with van der Waals surface area (Å²) in [7, 11) is 3.27. The van der Waals surface area contributed by atoms with Gasteiger partial charge >= 0.3 is 0 Å².